The lowest BCUT2D eigenvalue weighted by Crippen LogP contribution is -2.38. The van der Waals surface area contributed by atoms with E-state index in [1.807, 2.05) is 20.8 Å². The van der Waals surface area contributed by atoms with E-state index in [-0.39, 0.29) is 23.7 Å². The topological polar surface area (TPSA) is 65.4 Å². The summed E-state index contributed by atoms with van der Waals surface area (Å²) in [7, 11) is 0. The molecule has 0 radical (unpaired) electrons. The molecule has 1 unspecified atom stereocenters. The second kappa shape index (κ2) is 6.03. The van der Waals surface area contributed by atoms with E-state index in [0.717, 1.165) is 0 Å². The van der Waals surface area contributed by atoms with Gasteiger partial charge in [0.05, 0.1) is 12.3 Å². The van der Waals surface area contributed by atoms with E-state index in [2.05, 4.69) is 10.3 Å². The highest BCUT2D eigenvalue weighted by atomic mass is 35.5. The van der Waals surface area contributed by atoms with Gasteiger partial charge in [0.15, 0.2) is 0 Å². The highest BCUT2D eigenvalue weighted by molar-refractivity contribution is 5.85. The first-order valence-corrected chi connectivity index (χ1v) is 4.96. The van der Waals surface area contributed by atoms with Crippen LogP contribution in [-0.2, 0) is 0 Å². The molecule has 0 spiro atoms. The molecule has 0 saturated heterocycles. The highest BCUT2D eigenvalue weighted by Gasteiger charge is 2.15. The minimum atomic E-state index is -0.716. The molecule has 1 aromatic heterocycles. The van der Waals surface area contributed by atoms with Crippen molar-refractivity contribution < 1.29 is 10.2 Å². The molecule has 0 bridgehead atoms. The van der Waals surface area contributed by atoms with Gasteiger partial charge in [-0.25, -0.2) is 0 Å². The first kappa shape index (κ1) is 15.2. The fraction of sp³-hybridized carbons (Fsp3) is 0.545. The Balaban J connectivity index is 0.00000225. The van der Waals surface area contributed by atoms with Crippen LogP contribution in [0.5, 0.6) is 5.75 Å². The summed E-state index contributed by atoms with van der Waals surface area (Å²) in [5.74, 6) is 0.0284. The second-order valence-electron chi connectivity index (χ2n) is 4.58. The molecule has 0 aromatic carbocycles. The standard InChI is InChI=1S/C11H18N2O2.ClH/c1-11(2,3)13-7-10(15)8-4-5-12-6-9(8)14;/h4-6,10,13-15H,7H2,1-3H3;1H. The molecule has 0 aliphatic rings. The monoisotopic (exact) mass is 246 g/mol. The van der Waals surface area contributed by atoms with E-state index in [1.165, 1.54) is 6.20 Å². The molecule has 1 atom stereocenters. The molecule has 1 rings (SSSR count). The van der Waals surface area contributed by atoms with Crippen LogP contribution >= 0.6 is 12.4 Å². The van der Waals surface area contributed by atoms with Gasteiger partial charge in [-0.2, -0.15) is 0 Å². The van der Waals surface area contributed by atoms with Crippen molar-refractivity contribution >= 4 is 12.4 Å². The summed E-state index contributed by atoms with van der Waals surface area (Å²) in [6.45, 7) is 6.46. The van der Waals surface area contributed by atoms with Crippen LogP contribution < -0.4 is 5.32 Å². The maximum atomic E-state index is 9.81. The van der Waals surface area contributed by atoms with Crippen LogP contribution in [0.3, 0.4) is 0 Å². The van der Waals surface area contributed by atoms with Crippen LogP contribution in [0.2, 0.25) is 0 Å². The van der Waals surface area contributed by atoms with E-state index < -0.39 is 6.10 Å². The van der Waals surface area contributed by atoms with Crippen LogP contribution in [0.25, 0.3) is 0 Å². The zero-order valence-corrected chi connectivity index (χ0v) is 10.6. The lowest BCUT2D eigenvalue weighted by Gasteiger charge is -2.23. The van der Waals surface area contributed by atoms with Gasteiger partial charge in [-0.15, -0.1) is 12.4 Å². The Kier molecular flexibility index (Phi) is 5.72. The molecule has 0 aliphatic carbocycles. The molecule has 5 heteroatoms. The third-order valence-electron chi connectivity index (χ3n) is 2.02. The van der Waals surface area contributed by atoms with Crippen LogP contribution in [0, 0.1) is 0 Å². The third-order valence-corrected chi connectivity index (χ3v) is 2.02. The molecule has 16 heavy (non-hydrogen) atoms. The zero-order valence-electron chi connectivity index (χ0n) is 9.77. The van der Waals surface area contributed by atoms with E-state index >= 15 is 0 Å². The number of nitrogens with one attached hydrogen (secondary N) is 1. The lowest BCUT2D eigenvalue weighted by atomic mass is 10.1. The largest absolute Gasteiger partial charge is 0.506 e. The highest BCUT2D eigenvalue weighted by Crippen LogP contribution is 2.22. The summed E-state index contributed by atoms with van der Waals surface area (Å²) in [5.41, 5.74) is 0.450. The number of aliphatic hydroxyl groups is 1. The predicted molar refractivity (Wildman–Crippen MR) is 65.9 cm³/mol. The number of halogens is 1. The van der Waals surface area contributed by atoms with Crippen LogP contribution in [-0.4, -0.2) is 27.3 Å². The van der Waals surface area contributed by atoms with Gasteiger partial charge in [-0.3, -0.25) is 4.98 Å². The maximum Gasteiger partial charge on any atom is 0.139 e. The fourth-order valence-electron chi connectivity index (χ4n) is 1.19. The SMILES string of the molecule is CC(C)(C)NCC(O)c1ccncc1O.Cl. The average Bonchev–Trinajstić information content (AvgIpc) is 2.14. The number of β-amino-alcohol motifs (C(OH)–C–C–N with tert-alkyl or cyclic N) is 1. The van der Waals surface area contributed by atoms with Gasteiger partial charge in [0, 0.05) is 23.8 Å². The average molecular weight is 247 g/mol. The van der Waals surface area contributed by atoms with Crippen LogP contribution in [0.15, 0.2) is 18.5 Å². The maximum absolute atomic E-state index is 9.81. The van der Waals surface area contributed by atoms with Gasteiger partial charge in [0.2, 0.25) is 0 Å². The van der Waals surface area contributed by atoms with Crippen molar-refractivity contribution in [1.29, 1.82) is 0 Å². The summed E-state index contributed by atoms with van der Waals surface area (Å²) in [6, 6.07) is 1.62. The molecule has 0 fully saturated rings. The van der Waals surface area contributed by atoms with Gasteiger partial charge in [0.25, 0.3) is 0 Å². The summed E-state index contributed by atoms with van der Waals surface area (Å²) in [4.78, 5) is 3.75. The molecule has 3 N–H and O–H groups in total. The Hall–Kier alpha value is -0.840. The quantitative estimate of drug-likeness (QED) is 0.759. The fourth-order valence-corrected chi connectivity index (χ4v) is 1.19. The van der Waals surface area contributed by atoms with E-state index in [0.29, 0.717) is 12.1 Å². The van der Waals surface area contributed by atoms with Gasteiger partial charge in [-0.05, 0) is 26.8 Å². The molecule has 92 valence electrons. The third kappa shape index (κ3) is 4.79. The number of rotatable bonds is 3. The normalized spacial score (nSPS) is 13.0. The van der Waals surface area contributed by atoms with Crippen LogP contribution in [0.4, 0.5) is 0 Å². The first-order chi connectivity index (χ1) is 6.90. The lowest BCUT2D eigenvalue weighted by molar-refractivity contribution is 0.160. The molecule has 1 aromatic rings. The Bertz CT molecular complexity index is 326. The Morgan fingerprint density at radius 1 is 1.44 bits per heavy atom. The molecular formula is C11H19ClN2O2. The molecule has 0 saturated carbocycles. The van der Waals surface area contributed by atoms with Gasteiger partial charge in [-0.1, -0.05) is 0 Å². The Labute approximate surface area is 102 Å². The predicted octanol–water partition coefficient (Wildman–Crippen LogP) is 1.63. The molecular weight excluding hydrogens is 228 g/mol. The Morgan fingerprint density at radius 3 is 2.56 bits per heavy atom. The zero-order chi connectivity index (χ0) is 11.5. The van der Waals surface area contributed by atoms with Gasteiger partial charge < -0.3 is 15.5 Å². The first-order valence-electron chi connectivity index (χ1n) is 4.96. The Morgan fingerprint density at radius 2 is 2.06 bits per heavy atom. The summed E-state index contributed by atoms with van der Waals surface area (Å²) in [6.07, 6.45) is 2.16. The van der Waals surface area contributed by atoms with E-state index in [9.17, 15) is 10.2 Å². The van der Waals surface area contributed by atoms with E-state index in [1.54, 1.807) is 12.3 Å². The van der Waals surface area contributed by atoms with Crippen molar-refractivity contribution in [3.8, 4) is 5.75 Å². The van der Waals surface area contributed by atoms with Gasteiger partial charge in [0.1, 0.15) is 5.75 Å². The number of pyridine rings is 1. The molecule has 1 heterocycles. The van der Waals surface area contributed by atoms with Crippen molar-refractivity contribution in [2.24, 2.45) is 0 Å². The number of aromatic nitrogens is 1. The summed E-state index contributed by atoms with van der Waals surface area (Å²) < 4.78 is 0. The van der Waals surface area contributed by atoms with Crippen molar-refractivity contribution in [2.75, 3.05) is 6.54 Å². The van der Waals surface area contributed by atoms with Crippen molar-refractivity contribution in [2.45, 2.75) is 32.4 Å². The minimum absolute atomic E-state index is 0. The van der Waals surface area contributed by atoms with Gasteiger partial charge >= 0.3 is 0 Å². The number of nitrogens with zero attached hydrogens (tertiary/aromatic N) is 1. The van der Waals surface area contributed by atoms with Crippen LogP contribution in [0.1, 0.15) is 32.4 Å². The number of aromatic hydroxyl groups is 1. The van der Waals surface area contributed by atoms with Crippen molar-refractivity contribution in [3.05, 3.63) is 24.0 Å². The van der Waals surface area contributed by atoms with Crippen molar-refractivity contribution in [3.63, 3.8) is 0 Å². The molecule has 4 nitrogen and oxygen atoms in total. The molecule has 0 amide bonds. The second-order valence-corrected chi connectivity index (χ2v) is 4.58. The smallest absolute Gasteiger partial charge is 0.139 e. The number of hydrogen-bond donors (Lipinski definition) is 3. The number of hydrogen-bond acceptors (Lipinski definition) is 4. The van der Waals surface area contributed by atoms with Crippen molar-refractivity contribution in [1.82, 2.24) is 10.3 Å². The minimum Gasteiger partial charge on any atom is -0.506 e. The summed E-state index contributed by atoms with van der Waals surface area (Å²) in [5, 5.41) is 22.4. The molecule has 0 aliphatic heterocycles. The summed E-state index contributed by atoms with van der Waals surface area (Å²) >= 11 is 0. The van der Waals surface area contributed by atoms with E-state index in [4.69, 9.17) is 0 Å². The number of aliphatic hydroxyl groups excluding tert-OH is 1.